The Hall–Kier alpha value is -1.08. The van der Waals surface area contributed by atoms with Crippen LogP contribution in [0.1, 0.15) is 36.9 Å². The number of rotatable bonds is 3. The molecule has 0 radical (unpaired) electrons. The predicted octanol–water partition coefficient (Wildman–Crippen LogP) is 2.93. The van der Waals surface area contributed by atoms with E-state index in [1.54, 1.807) is 0 Å². The van der Waals surface area contributed by atoms with Crippen LogP contribution >= 0.6 is 11.5 Å². The van der Waals surface area contributed by atoms with Crippen molar-refractivity contribution in [3.63, 3.8) is 0 Å². The van der Waals surface area contributed by atoms with Crippen molar-refractivity contribution in [1.29, 1.82) is 5.26 Å². The summed E-state index contributed by atoms with van der Waals surface area (Å²) in [6.45, 7) is 2.92. The van der Waals surface area contributed by atoms with Gasteiger partial charge in [0.25, 0.3) is 0 Å². The normalized spacial score (nSPS) is 24.9. The highest BCUT2D eigenvalue weighted by atomic mass is 32.1. The second-order valence-corrected chi connectivity index (χ2v) is 5.86. The van der Waals surface area contributed by atoms with Gasteiger partial charge in [-0.3, -0.25) is 0 Å². The van der Waals surface area contributed by atoms with Crippen molar-refractivity contribution in [3.05, 3.63) is 11.3 Å². The monoisotopic (exact) mass is 233 g/mol. The third-order valence-electron chi connectivity index (χ3n) is 4.19. The molecule has 1 spiro atoms. The van der Waals surface area contributed by atoms with Crippen molar-refractivity contribution in [3.8, 4) is 6.07 Å². The van der Waals surface area contributed by atoms with Gasteiger partial charge in [-0.1, -0.05) is 6.42 Å². The fourth-order valence-corrected chi connectivity index (χ4v) is 3.55. The topological polar surface area (TPSA) is 48.7 Å². The molecule has 1 atom stereocenters. The molecule has 0 saturated heterocycles. The Morgan fingerprint density at radius 3 is 3.00 bits per heavy atom. The second-order valence-electron chi connectivity index (χ2n) is 5.08. The van der Waals surface area contributed by atoms with Crippen molar-refractivity contribution in [2.75, 3.05) is 11.9 Å². The van der Waals surface area contributed by atoms with Crippen LogP contribution in [0.25, 0.3) is 0 Å². The number of hydrogen-bond acceptors (Lipinski definition) is 4. The van der Waals surface area contributed by atoms with Crippen LogP contribution in [0.4, 0.5) is 5.00 Å². The zero-order valence-electron chi connectivity index (χ0n) is 9.42. The van der Waals surface area contributed by atoms with E-state index in [9.17, 15) is 0 Å². The molecule has 16 heavy (non-hydrogen) atoms. The molecule has 2 aliphatic rings. The minimum Gasteiger partial charge on any atom is -0.374 e. The summed E-state index contributed by atoms with van der Waals surface area (Å²) in [5.41, 5.74) is 2.29. The highest BCUT2D eigenvalue weighted by Crippen LogP contribution is 2.65. The van der Waals surface area contributed by atoms with Gasteiger partial charge >= 0.3 is 0 Å². The van der Waals surface area contributed by atoms with Gasteiger partial charge in [-0.2, -0.15) is 9.64 Å². The molecular weight excluding hydrogens is 218 g/mol. The number of nitrogens with zero attached hydrogens (tertiary/aromatic N) is 2. The minimum absolute atomic E-state index is 0.708. The van der Waals surface area contributed by atoms with E-state index >= 15 is 0 Å². The lowest BCUT2D eigenvalue weighted by Crippen LogP contribution is -2.18. The summed E-state index contributed by atoms with van der Waals surface area (Å²) in [6.07, 6.45) is 5.65. The summed E-state index contributed by atoms with van der Waals surface area (Å²) in [6, 6.07) is 2.22. The lowest BCUT2D eigenvalue weighted by atomic mass is 9.80. The molecule has 3 rings (SSSR count). The largest absolute Gasteiger partial charge is 0.374 e. The van der Waals surface area contributed by atoms with E-state index in [2.05, 4.69) is 15.8 Å². The van der Waals surface area contributed by atoms with Crippen molar-refractivity contribution in [1.82, 2.24) is 4.37 Å². The molecule has 0 aromatic carbocycles. The van der Waals surface area contributed by atoms with Crippen molar-refractivity contribution < 1.29 is 0 Å². The maximum absolute atomic E-state index is 9.01. The molecule has 0 aliphatic heterocycles. The lowest BCUT2D eigenvalue weighted by Gasteiger charge is -2.26. The van der Waals surface area contributed by atoms with E-state index in [4.69, 9.17) is 5.26 Å². The Kier molecular flexibility index (Phi) is 2.18. The van der Waals surface area contributed by atoms with Gasteiger partial charge in [-0.15, -0.1) is 0 Å². The maximum atomic E-state index is 9.01. The van der Waals surface area contributed by atoms with E-state index in [1.807, 2.05) is 6.92 Å². The van der Waals surface area contributed by atoms with Gasteiger partial charge in [0.2, 0.25) is 0 Å². The molecule has 1 unspecified atom stereocenters. The number of aryl methyl sites for hydroxylation is 1. The first-order valence-corrected chi connectivity index (χ1v) is 6.63. The van der Waals surface area contributed by atoms with Crippen LogP contribution in [-0.2, 0) is 0 Å². The number of nitrogens with one attached hydrogen (secondary N) is 1. The summed E-state index contributed by atoms with van der Waals surface area (Å²) in [4.78, 5) is 0. The number of anilines is 1. The molecule has 2 fully saturated rings. The summed E-state index contributed by atoms with van der Waals surface area (Å²) < 4.78 is 4.21. The molecule has 0 bridgehead atoms. The van der Waals surface area contributed by atoms with E-state index in [-0.39, 0.29) is 0 Å². The Bertz CT molecular complexity index is 453. The van der Waals surface area contributed by atoms with Crippen LogP contribution in [0, 0.1) is 29.6 Å². The second kappa shape index (κ2) is 3.46. The van der Waals surface area contributed by atoms with E-state index in [1.165, 1.54) is 37.2 Å². The van der Waals surface area contributed by atoms with Gasteiger partial charge in [-0.25, -0.2) is 0 Å². The summed E-state index contributed by atoms with van der Waals surface area (Å²) in [5, 5.41) is 13.4. The lowest BCUT2D eigenvalue weighted by molar-refractivity contribution is 0.262. The van der Waals surface area contributed by atoms with Crippen LogP contribution in [0.3, 0.4) is 0 Å². The minimum atomic E-state index is 0.708. The molecule has 4 heteroatoms. The molecule has 2 saturated carbocycles. The van der Waals surface area contributed by atoms with Crippen molar-refractivity contribution in [2.45, 2.75) is 32.6 Å². The predicted molar refractivity (Wildman–Crippen MR) is 64.4 cm³/mol. The maximum Gasteiger partial charge on any atom is 0.127 e. The van der Waals surface area contributed by atoms with Gasteiger partial charge in [0.15, 0.2) is 0 Å². The first-order valence-electron chi connectivity index (χ1n) is 5.85. The fourth-order valence-electron chi connectivity index (χ4n) is 2.80. The summed E-state index contributed by atoms with van der Waals surface area (Å²) >= 11 is 1.41. The average Bonchev–Trinajstić information content (AvgIpc) is 2.87. The molecule has 3 nitrogen and oxygen atoms in total. The standard InChI is InChI=1S/C12H15N3S/c1-8-10(6-13)11(16-15-8)14-7-9-5-12(9)3-2-4-12/h9,14H,2-5,7H2,1H3. The number of aromatic nitrogens is 1. The average molecular weight is 233 g/mol. The fraction of sp³-hybridized carbons (Fsp3) is 0.667. The highest BCUT2D eigenvalue weighted by molar-refractivity contribution is 7.10. The quantitative estimate of drug-likeness (QED) is 0.873. The molecule has 1 aromatic rings. The Balaban J connectivity index is 1.61. The van der Waals surface area contributed by atoms with Crippen molar-refractivity contribution in [2.24, 2.45) is 11.3 Å². The molecule has 1 N–H and O–H groups in total. The van der Waals surface area contributed by atoms with Gasteiger partial charge in [0.1, 0.15) is 16.6 Å². The zero-order valence-corrected chi connectivity index (χ0v) is 10.2. The van der Waals surface area contributed by atoms with E-state index in [0.717, 1.165) is 28.7 Å². The summed E-state index contributed by atoms with van der Waals surface area (Å²) in [5.74, 6) is 0.843. The highest BCUT2D eigenvalue weighted by Gasteiger charge is 2.56. The zero-order chi connectivity index (χ0) is 11.2. The van der Waals surface area contributed by atoms with Crippen LogP contribution in [0.2, 0.25) is 0 Å². The molecular formula is C12H15N3S. The Labute approximate surface area is 99.6 Å². The molecule has 2 aliphatic carbocycles. The molecule has 84 valence electrons. The van der Waals surface area contributed by atoms with Crippen LogP contribution in [0.15, 0.2) is 0 Å². The Morgan fingerprint density at radius 1 is 1.62 bits per heavy atom. The van der Waals surface area contributed by atoms with Gasteiger partial charge in [-0.05, 0) is 49.1 Å². The van der Waals surface area contributed by atoms with Crippen LogP contribution in [-0.4, -0.2) is 10.9 Å². The van der Waals surface area contributed by atoms with Gasteiger partial charge < -0.3 is 5.32 Å². The SMILES string of the molecule is Cc1nsc(NCC2CC23CCC3)c1C#N. The molecule has 1 aromatic heterocycles. The first kappa shape index (κ1) is 10.1. The van der Waals surface area contributed by atoms with Crippen LogP contribution < -0.4 is 5.32 Å². The Morgan fingerprint density at radius 2 is 2.44 bits per heavy atom. The van der Waals surface area contributed by atoms with E-state index < -0.39 is 0 Å². The third-order valence-corrected chi connectivity index (χ3v) is 5.09. The van der Waals surface area contributed by atoms with Crippen molar-refractivity contribution >= 4 is 16.5 Å². The third kappa shape index (κ3) is 1.42. The number of nitriles is 1. The summed E-state index contributed by atoms with van der Waals surface area (Å²) in [7, 11) is 0. The van der Waals surface area contributed by atoms with Gasteiger partial charge in [0.05, 0.1) is 5.69 Å². The molecule has 1 heterocycles. The smallest absolute Gasteiger partial charge is 0.127 e. The van der Waals surface area contributed by atoms with E-state index in [0.29, 0.717) is 5.41 Å². The van der Waals surface area contributed by atoms with Gasteiger partial charge in [0, 0.05) is 6.54 Å². The van der Waals surface area contributed by atoms with Crippen LogP contribution in [0.5, 0.6) is 0 Å². The molecule has 0 amide bonds. The first-order chi connectivity index (χ1) is 7.75. The number of hydrogen-bond donors (Lipinski definition) is 1.